The van der Waals surface area contributed by atoms with Crippen LogP contribution in [0.2, 0.25) is 5.02 Å². The molecule has 0 fully saturated rings. The van der Waals surface area contributed by atoms with Crippen molar-refractivity contribution in [2.24, 2.45) is 5.84 Å². The van der Waals surface area contributed by atoms with Crippen molar-refractivity contribution < 1.29 is 27.5 Å². The molecule has 0 saturated heterocycles. The summed E-state index contributed by atoms with van der Waals surface area (Å²) in [4.78, 5) is 33.6. The van der Waals surface area contributed by atoms with Crippen LogP contribution in [0.3, 0.4) is 0 Å². The summed E-state index contributed by atoms with van der Waals surface area (Å²) < 4.78 is 45.5. The van der Waals surface area contributed by atoms with Crippen molar-refractivity contribution in [1.82, 2.24) is 15.3 Å². The second-order valence-corrected chi connectivity index (χ2v) is 8.41. The van der Waals surface area contributed by atoms with Gasteiger partial charge in [-0.15, -0.1) is 0 Å². The number of halogens is 4. The van der Waals surface area contributed by atoms with Gasteiger partial charge in [-0.1, -0.05) is 41.9 Å². The predicted octanol–water partition coefficient (Wildman–Crippen LogP) is 4.83. The van der Waals surface area contributed by atoms with E-state index in [9.17, 15) is 22.8 Å². The van der Waals surface area contributed by atoms with E-state index in [1.54, 1.807) is 24.3 Å². The highest BCUT2D eigenvalue weighted by molar-refractivity contribution is 6.31. The molecule has 192 valence electrons. The monoisotopic (exact) mass is 531 g/mol. The fraction of sp³-hybridized carbons (Fsp3) is 0.160. The number of hydrogen-bond acceptors (Lipinski definition) is 5. The van der Waals surface area contributed by atoms with Crippen molar-refractivity contribution in [3.05, 3.63) is 93.8 Å². The van der Waals surface area contributed by atoms with Crippen LogP contribution < -0.4 is 16.2 Å². The molecular weight excluding hydrogens is 511 g/mol. The van der Waals surface area contributed by atoms with Crippen LogP contribution in [0.4, 0.5) is 18.9 Å². The molecule has 0 aliphatic rings. The van der Waals surface area contributed by atoms with Crippen molar-refractivity contribution in [1.29, 1.82) is 0 Å². The van der Waals surface area contributed by atoms with Gasteiger partial charge < -0.3 is 15.0 Å². The zero-order valence-corrected chi connectivity index (χ0v) is 20.2. The number of H-pyrrole nitrogens is 1. The molecule has 3 aromatic carbocycles. The standard InChI is InChI=1S/C25H21ClF3N5O3/c1-37-13-21-32-20-11-15(34(30)24(36)16-7-3-4-8-18(16)25(27,28)29)10-17(22(20)33-21)23(35)31-12-14-6-2-5-9-19(14)26/h2-11H,12-13,30H2,1H3,(H,31,35)(H,32,33). The van der Waals surface area contributed by atoms with E-state index < -0.39 is 29.1 Å². The number of hydrogen-bond donors (Lipinski definition) is 3. The molecule has 0 unspecified atom stereocenters. The normalized spacial score (nSPS) is 11.5. The Labute approximate surface area is 214 Å². The molecule has 0 spiro atoms. The largest absolute Gasteiger partial charge is 0.417 e. The van der Waals surface area contributed by atoms with Crippen LogP contribution in [0.15, 0.2) is 60.7 Å². The Kier molecular flexibility index (Phi) is 7.48. The predicted molar refractivity (Wildman–Crippen MR) is 132 cm³/mol. The molecule has 1 aromatic heterocycles. The molecular formula is C25H21ClF3N5O3. The number of imidazole rings is 1. The first-order valence-electron chi connectivity index (χ1n) is 10.9. The number of methoxy groups -OCH3 is 1. The molecule has 12 heteroatoms. The number of ether oxygens (including phenoxy) is 1. The molecule has 8 nitrogen and oxygen atoms in total. The summed E-state index contributed by atoms with van der Waals surface area (Å²) in [5.41, 5.74) is -0.462. The summed E-state index contributed by atoms with van der Waals surface area (Å²) in [6.45, 7) is 0.207. The lowest BCUT2D eigenvalue weighted by Gasteiger charge is -2.20. The first-order valence-corrected chi connectivity index (χ1v) is 11.3. The number of fused-ring (bicyclic) bond motifs is 1. The Morgan fingerprint density at radius 1 is 1.11 bits per heavy atom. The van der Waals surface area contributed by atoms with Gasteiger partial charge in [-0.2, -0.15) is 13.2 Å². The van der Waals surface area contributed by atoms with Gasteiger partial charge in [0.25, 0.3) is 11.8 Å². The Bertz CT molecular complexity index is 1470. The highest BCUT2D eigenvalue weighted by Crippen LogP contribution is 2.33. The number of rotatable bonds is 7. The topological polar surface area (TPSA) is 113 Å². The lowest BCUT2D eigenvalue weighted by molar-refractivity contribution is -0.137. The maximum absolute atomic E-state index is 13.5. The Balaban J connectivity index is 1.73. The number of aromatic nitrogens is 2. The molecule has 37 heavy (non-hydrogen) atoms. The summed E-state index contributed by atoms with van der Waals surface area (Å²) in [5, 5.41) is 3.77. The van der Waals surface area contributed by atoms with Gasteiger partial charge in [0, 0.05) is 18.7 Å². The van der Waals surface area contributed by atoms with Crippen LogP contribution in [0.25, 0.3) is 11.0 Å². The highest BCUT2D eigenvalue weighted by Gasteiger charge is 2.36. The molecule has 0 bridgehead atoms. The number of nitrogens with two attached hydrogens (primary N) is 1. The number of carbonyl (C=O) groups excluding carboxylic acids is 2. The minimum atomic E-state index is -4.76. The van der Waals surface area contributed by atoms with Crippen molar-refractivity contribution in [3.63, 3.8) is 0 Å². The van der Waals surface area contributed by atoms with Gasteiger partial charge in [0.15, 0.2) is 0 Å². The molecule has 0 aliphatic heterocycles. The van der Waals surface area contributed by atoms with Crippen LogP contribution in [-0.4, -0.2) is 28.9 Å². The average Bonchev–Trinajstić information content (AvgIpc) is 3.28. The quantitative estimate of drug-likeness (QED) is 0.179. The third kappa shape index (κ3) is 5.58. The number of nitrogens with zero attached hydrogens (tertiary/aromatic N) is 2. The Morgan fingerprint density at radius 2 is 1.81 bits per heavy atom. The molecule has 0 aliphatic carbocycles. The van der Waals surface area contributed by atoms with Crippen LogP contribution in [0.5, 0.6) is 0 Å². The van der Waals surface area contributed by atoms with Crippen LogP contribution in [0, 0.1) is 0 Å². The average molecular weight is 532 g/mol. The lowest BCUT2D eigenvalue weighted by Crippen LogP contribution is -2.38. The molecule has 2 amide bonds. The molecule has 4 N–H and O–H groups in total. The number of anilines is 1. The van der Waals surface area contributed by atoms with Crippen LogP contribution >= 0.6 is 11.6 Å². The van der Waals surface area contributed by atoms with Gasteiger partial charge in [-0.05, 0) is 35.9 Å². The third-order valence-corrected chi connectivity index (χ3v) is 5.87. The van der Waals surface area contributed by atoms with Crippen LogP contribution in [-0.2, 0) is 24.1 Å². The summed E-state index contributed by atoms with van der Waals surface area (Å²) >= 11 is 6.17. The van der Waals surface area contributed by atoms with Crippen molar-refractivity contribution >= 4 is 40.1 Å². The van der Waals surface area contributed by atoms with E-state index in [4.69, 9.17) is 22.2 Å². The smallest absolute Gasteiger partial charge is 0.377 e. The van der Waals surface area contributed by atoms with E-state index >= 15 is 0 Å². The molecule has 4 rings (SSSR count). The van der Waals surface area contributed by atoms with Crippen molar-refractivity contribution in [2.75, 3.05) is 12.1 Å². The third-order valence-electron chi connectivity index (χ3n) is 5.50. The van der Waals surface area contributed by atoms with E-state index in [1.807, 2.05) is 0 Å². The van der Waals surface area contributed by atoms with E-state index in [2.05, 4.69) is 15.3 Å². The molecule has 0 atom stereocenters. The van der Waals surface area contributed by atoms with E-state index in [0.717, 1.165) is 12.1 Å². The Hall–Kier alpha value is -3.93. The first-order chi connectivity index (χ1) is 17.6. The fourth-order valence-electron chi connectivity index (χ4n) is 3.75. The van der Waals surface area contributed by atoms with E-state index in [-0.39, 0.29) is 29.9 Å². The lowest BCUT2D eigenvalue weighted by atomic mass is 10.1. The number of benzene rings is 3. The summed E-state index contributed by atoms with van der Waals surface area (Å²) in [6.07, 6.45) is -4.76. The molecule has 0 saturated carbocycles. The van der Waals surface area contributed by atoms with Gasteiger partial charge in [-0.25, -0.2) is 15.8 Å². The van der Waals surface area contributed by atoms with Gasteiger partial charge in [-0.3, -0.25) is 9.59 Å². The van der Waals surface area contributed by atoms with Crippen molar-refractivity contribution in [3.8, 4) is 0 Å². The summed E-state index contributed by atoms with van der Waals surface area (Å²) in [7, 11) is 1.47. The molecule has 1 heterocycles. The minimum Gasteiger partial charge on any atom is -0.377 e. The van der Waals surface area contributed by atoms with E-state index in [0.29, 0.717) is 26.9 Å². The first kappa shape index (κ1) is 26.1. The zero-order valence-electron chi connectivity index (χ0n) is 19.4. The number of carbonyl (C=O) groups is 2. The number of aromatic amines is 1. The van der Waals surface area contributed by atoms with Gasteiger partial charge in [0.1, 0.15) is 17.9 Å². The summed E-state index contributed by atoms with van der Waals surface area (Å²) in [6, 6.07) is 14.0. The van der Waals surface area contributed by atoms with E-state index in [1.165, 1.54) is 31.4 Å². The number of amides is 2. The number of hydrazine groups is 1. The zero-order chi connectivity index (χ0) is 26.7. The second-order valence-electron chi connectivity index (χ2n) is 8.00. The number of nitrogens with one attached hydrogen (secondary N) is 2. The molecule has 0 radical (unpaired) electrons. The SMILES string of the molecule is COCc1nc2c(C(=O)NCc3ccccc3Cl)cc(N(N)C(=O)c3ccccc3C(F)(F)F)cc2[nH]1. The minimum absolute atomic E-state index is 0.0232. The highest BCUT2D eigenvalue weighted by atomic mass is 35.5. The molecule has 4 aromatic rings. The second kappa shape index (κ2) is 10.6. The summed E-state index contributed by atoms with van der Waals surface area (Å²) in [5.74, 6) is 4.73. The van der Waals surface area contributed by atoms with Gasteiger partial charge in [0.05, 0.1) is 27.9 Å². The van der Waals surface area contributed by atoms with Gasteiger partial charge >= 0.3 is 6.18 Å². The number of alkyl halides is 3. The van der Waals surface area contributed by atoms with Crippen LogP contribution in [0.1, 0.15) is 37.7 Å². The maximum atomic E-state index is 13.5. The van der Waals surface area contributed by atoms with Crippen molar-refractivity contribution in [2.45, 2.75) is 19.3 Å². The fourth-order valence-corrected chi connectivity index (χ4v) is 3.95. The van der Waals surface area contributed by atoms with Gasteiger partial charge in [0.2, 0.25) is 0 Å². The Morgan fingerprint density at radius 3 is 2.51 bits per heavy atom. The maximum Gasteiger partial charge on any atom is 0.417 e.